The van der Waals surface area contributed by atoms with Crippen molar-refractivity contribution in [2.45, 2.75) is 20.0 Å². The minimum absolute atomic E-state index is 0.282. The summed E-state index contributed by atoms with van der Waals surface area (Å²) in [7, 11) is 2.61. The van der Waals surface area contributed by atoms with Gasteiger partial charge in [-0.1, -0.05) is 44.0 Å². The standard InChI is InChI=1S/C11H16NO2PS/c1-2-7-12(16)11(13)14-8-9-3-5-10(15)6-4-9/h3-6,16H,2,7-8,15H2,1H3. The first-order chi connectivity index (χ1) is 7.63. The van der Waals surface area contributed by atoms with Crippen LogP contribution in [-0.2, 0) is 11.3 Å². The molecule has 0 aromatic heterocycles. The lowest BCUT2D eigenvalue weighted by Crippen LogP contribution is -2.23. The van der Waals surface area contributed by atoms with Gasteiger partial charge in [0.05, 0.1) is 0 Å². The second-order valence-corrected chi connectivity index (χ2v) is 4.57. The average molecular weight is 257 g/mol. The molecule has 0 spiro atoms. The van der Waals surface area contributed by atoms with Gasteiger partial charge in [-0.25, -0.2) is 4.79 Å². The number of ether oxygens (including phenoxy) is 1. The molecule has 0 fully saturated rings. The van der Waals surface area contributed by atoms with Gasteiger partial charge in [-0.2, -0.15) is 0 Å². The number of rotatable bonds is 4. The van der Waals surface area contributed by atoms with Crippen LogP contribution in [0.25, 0.3) is 0 Å². The smallest absolute Gasteiger partial charge is 0.419 e. The maximum absolute atomic E-state index is 11.4. The maximum Gasteiger partial charge on any atom is 0.419 e. The van der Waals surface area contributed by atoms with Crippen LogP contribution in [0, 0.1) is 0 Å². The number of carbonyl (C=O) groups excluding carboxylic acids is 1. The van der Waals surface area contributed by atoms with Crippen molar-refractivity contribution in [3.8, 4) is 0 Å². The van der Waals surface area contributed by atoms with Crippen LogP contribution >= 0.6 is 22.1 Å². The Hall–Kier alpha value is -0.730. The Morgan fingerprint density at radius 3 is 2.62 bits per heavy atom. The van der Waals surface area contributed by atoms with Crippen molar-refractivity contribution in [3.63, 3.8) is 0 Å². The van der Waals surface area contributed by atoms with E-state index < -0.39 is 6.09 Å². The summed E-state index contributed by atoms with van der Waals surface area (Å²) in [5.74, 6) is 0. The molecule has 0 saturated carbocycles. The van der Waals surface area contributed by atoms with Crippen LogP contribution in [0.15, 0.2) is 24.3 Å². The fraction of sp³-hybridized carbons (Fsp3) is 0.364. The third-order valence-electron chi connectivity index (χ3n) is 1.99. The van der Waals surface area contributed by atoms with Crippen LogP contribution in [0.3, 0.4) is 0 Å². The van der Waals surface area contributed by atoms with Crippen molar-refractivity contribution in [1.82, 2.24) is 4.31 Å². The first-order valence-corrected chi connectivity index (χ1v) is 6.08. The Morgan fingerprint density at radius 2 is 2.06 bits per heavy atom. The van der Waals surface area contributed by atoms with Gasteiger partial charge in [0.15, 0.2) is 0 Å². The lowest BCUT2D eigenvalue weighted by molar-refractivity contribution is 0.122. The fourth-order valence-corrected chi connectivity index (χ4v) is 1.59. The molecule has 1 aromatic rings. The summed E-state index contributed by atoms with van der Waals surface area (Å²) in [4.78, 5) is 11.4. The normalized spacial score (nSPS) is 9.94. The largest absolute Gasteiger partial charge is 0.444 e. The zero-order valence-corrected chi connectivity index (χ0v) is 11.3. The highest BCUT2D eigenvalue weighted by Gasteiger charge is 2.09. The topological polar surface area (TPSA) is 29.5 Å². The van der Waals surface area contributed by atoms with E-state index in [-0.39, 0.29) is 6.61 Å². The van der Waals surface area contributed by atoms with E-state index in [1.165, 1.54) is 4.31 Å². The summed E-state index contributed by atoms with van der Waals surface area (Å²) < 4.78 is 6.37. The number of nitrogens with zero attached hydrogens (tertiary/aromatic N) is 1. The first kappa shape index (κ1) is 13.3. The predicted molar refractivity (Wildman–Crippen MR) is 72.0 cm³/mol. The Balaban J connectivity index is 2.39. The fourth-order valence-electron chi connectivity index (χ4n) is 1.14. The zero-order chi connectivity index (χ0) is 12.0. The summed E-state index contributed by atoms with van der Waals surface area (Å²) in [5, 5.41) is 1.11. The molecular weight excluding hydrogens is 241 g/mol. The summed E-state index contributed by atoms with van der Waals surface area (Å²) >= 11 is 4.02. The second-order valence-electron chi connectivity index (χ2n) is 3.42. The Kier molecular flexibility index (Phi) is 5.64. The van der Waals surface area contributed by atoms with Crippen LogP contribution in [-0.4, -0.2) is 16.9 Å². The highest BCUT2D eigenvalue weighted by atomic mass is 32.1. The molecule has 0 aliphatic heterocycles. The number of hydrogen-bond donors (Lipinski definition) is 1. The third kappa shape index (κ3) is 4.42. The second kappa shape index (κ2) is 6.77. The lowest BCUT2D eigenvalue weighted by Gasteiger charge is -2.14. The van der Waals surface area contributed by atoms with E-state index in [0.29, 0.717) is 6.54 Å². The molecule has 5 heteroatoms. The number of benzene rings is 1. The SMILES string of the molecule is CCCN(S)C(=O)OCc1ccc(P)cc1. The molecule has 1 unspecified atom stereocenters. The monoisotopic (exact) mass is 257 g/mol. The van der Waals surface area contributed by atoms with Gasteiger partial charge in [0.1, 0.15) is 6.61 Å². The van der Waals surface area contributed by atoms with Gasteiger partial charge in [-0.05, 0) is 17.3 Å². The summed E-state index contributed by atoms with van der Waals surface area (Å²) in [6.07, 6.45) is 0.459. The molecular formula is C11H16NO2PS. The van der Waals surface area contributed by atoms with Gasteiger partial charge in [0.25, 0.3) is 0 Å². The highest BCUT2D eigenvalue weighted by Crippen LogP contribution is 2.05. The molecule has 0 heterocycles. The predicted octanol–water partition coefficient (Wildman–Crippen LogP) is 2.38. The molecule has 0 saturated heterocycles. The quantitative estimate of drug-likeness (QED) is 0.663. The minimum Gasteiger partial charge on any atom is -0.444 e. The molecule has 0 radical (unpaired) electrons. The zero-order valence-electron chi connectivity index (χ0n) is 9.22. The maximum atomic E-state index is 11.4. The van der Waals surface area contributed by atoms with Gasteiger partial charge in [-0.15, -0.1) is 9.24 Å². The van der Waals surface area contributed by atoms with Crippen LogP contribution in [0.1, 0.15) is 18.9 Å². The van der Waals surface area contributed by atoms with Crippen molar-refractivity contribution in [1.29, 1.82) is 0 Å². The Morgan fingerprint density at radius 1 is 1.44 bits per heavy atom. The third-order valence-corrected chi connectivity index (χ3v) is 2.74. The molecule has 0 aliphatic carbocycles. The number of amides is 1. The molecule has 1 rings (SSSR count). The molecule has 1 aromatic carbocycles. The minimum atomic E-state index is -0.403. The van der Waals surface area contributed by atoms with Gasteiger partial charge >= 0.3 is 6.09 Å². The van der Waals surface area contributed by atoms with Crippen molar-refractivity contribution in [2.75, 3.05) is 6.54 Å². The van der Waals surface area contributed by atoms with Crippen LogP contribution in [0.2, 0.25) is 0 Å². The number of hydrogen-bond acceptors (Lipinski definition) is 3. The van der Waals surface area contributed by atoms with Crippen molar-refractivity contribution in [2.24, 2.45) is 0 Å². The van der Waals surface area contributed by atoms with Crippen molar-refractivity contribution >= 4 is 33.5 Å². The van der Waals surface area contributed by atoms with Crippen LogP contribution in [0.5, 0.6) is 0 Å². The van der Waals surface area contributed by atoms with Gasteiger partial charge in [0, 0.05) is 6.54 Å². The molecule has 0 aliphatic rings. The molecule has 88 valence electrons. The van der Waals surface area contributed by atoms with Crippen molar-refractivity contribution < 1.29 is 9.53 Å². The van der Waals surface area contributed by atoms with Gasteiger partial charge in [0.2, 0.25) is 0 Å². The van der Waals surface area contributed by atoms with E-state index in [1.807, 2.05) is 31.2 Å². The Bertz CT molecular complexity index is 342. The molecule has 3 nitrogen and oxygen atoms in total. The van der Waals surface area contributed by atoms with Crippen LogP contribution in [0.4, 0.5) is 4.79 Å². The van der Waals surface area contributed by atoms with E-state index >= 15 is 0 Å². The molecule has 16 heavy (non-hydrogen) atoms. The lowest BCUT2D eigenvalue weighted by atomic mass is 10.2. The van der Waals surface area contributed by atoms with E-state index in [2.05, 4.69) is 22.1 Å². The summed E-state index contributed by atoms with van der Waals surface area (Å²) in [6.45, 7) is 2.85. The Labute approximate surface area is 104 Å². The summed E-state index contributed by atoms with van der Waals surface area (Å²) in [6, 6.07) is 7.77. The number of thiol groups is 1. The summed E-state index contributed by atoms with van der Waals surface area (Å²) in [5.41, 5.74) is 0.970. The van der Waals surface area contributed by atoms with Gasteiger partial charge < -0.3 is 4.74 Å². The molecule has 0 bridgehead atoms. The van der Waals surface area contributed by atoms with E-state index in [1.54, 1.807) is 0 Å². The van der Waals surface area contributed by atoms with Crippen molar-refractivity contribution in [3.05, 3.63) is 29.8 Å². The molecule has 0 N–H and O–H groups in total. The number of carbonyl (C=O) groups is 1. The van der Waals surface area contributed by atoms with Crippen LogP contribution < -0.4 is 5.30 Å². The average Bonchev–Trinajstić information content (AvgIpc) is 2.28. The molecule has 1 amide bonds. The van der Waals surface area contributed by atoms with E-state index in [9.17, 15) is 4.79 Å². The highest BCUT2D eigenvalue weighted by molar-refractivity contribution is 7.78. The van der Waals surface area contributed by atoms with E-state index in [4.69, 9.17) is 4.74 Å². The van der Waals surface area contributed by atoms with E-state index in [0.717, 1.165) is 17.3 Å². The first-order valence-electron chi connectivity index (χ1n) is 5.11. The van der Waals surface area contributed by atoms with Gasteiger partial charge in [-0.3, -0.25) is 4.31 Å². The molecule has 1 atom stereocenters.